The van der Waals surface area contributed by atoms with Crippen LogP contribution in [0, 0.1) is 0 Å². The topological polar surface area (TPSA) is 35.0 Å². The largest absolute Gasteiger partial charge is 0.480 e. The van der Waals surface area contributed by atoms with Gasteiger partial charge in [-0.2, -0.15) is 0 Å². The van der Waals surface area contributed by atoms with Crippen LogP contribution >= 0.6 is 11.6 Å². The third kappa shape index (κ3) is 3.50. The Balaban J connectivity index is 2.57. The number of methoxy groups -OCH3 is 1. The van der Waals surface area contributed by atoms with Crippen molar-refractivity contribution in [3.8, 4) is 5.88 Å². The second kappa shape index (κ2) is 5.81. The Hall–Kier alpha value is -0.830. The number of hydrogen-bond acceptors (Lipinski definition) is 3. The maximum atomic E-state index is 6.10. The summed E-state index contributed by atoms with van der Waals surface area (Å²) in [4.78, 5) is 8.27. The highest BCUT2D eigenvalue weighted by Gasteiger charge is 2.06. The molecule has 0 spiro atoms. The molecule has 0 N–H and O–H groups in total. The number of alkyl halides is 1. The molecule has 1 unspecified atom stereocenters. The second-order valence-corrected chi connectivity index (χ2v) is 3.76. The van der Waals surface area contributed by atoms with Crippen molar-refractivity contribution < 1.29 is 4.74 Å². The van der Waals surface area contributed by atoms with Crippen molar-refractivity contribution in [3.63, 3.8) is 0 Å². The molecule has 0 amide bonds. The second-order valence-electron chi connectivity index (χ2n) is 3.14. The van der Waals surface area contributed by atoms with E-state index in [9.17, 15) is 0 Å². The fourth-order valence-electron chi connectivity index (χ4n) is 1.23. The van der Waals surface area contributed by atoms with Crippen molar-refractivity contribution in [1.29, 1.82) is 0 Å². The van der Waals surface area contributed by atoms with E-state index in [1.54, 1.807) is 19.5 Å². The normalized spacial score (nSPS) is 12.5. The number of hydrogen-bond donors (Lipinski definition) is 0. The van der Waals surface area contributed by atoms with Crippen molar-refractivity contribution in [2.75, 3.05) is 7.11 Å². The van der Waals surface area contributed by atoms with E-state index < -0.39 is 0 Å². The molecule has 78 valence electrons. The van der Waals surface area contributed by atoms with Crippen molar-refractivity contribution in [3.05, 3.63) is 18.1 Å². The summed E-state index contributed by atoms with van der Waals surface area (Å²) in [6.07, 6.45) is 6.16. The summed E-state index contributed by atoms with van der Waals surface area (Å²) in [5, 5.41) is 0.140. The Morgan fingerprint density at radius 1 is 1.50 bits per heavy atom. The average Bonchev–Trinajstić information content (AvgIpc) is 2.18. The minimum atomic E-state index is 0.140. The molecule has 0 aliphatic rings. The van der Waals surface area contributed by atoms with Gasteiger partial charge in [0.2, 0.25) is 5.88 Å². The predicted octanol–water partition coefficient (Wildman–Crippen LogP) is 2.44. The van der Waals surface area contributed by atoms with Gasteiger partial charge in [0.25, 0.3) is 0 Å². The molecule has 3 nitrogen and oxygen atoms in total. The third-order valence-corrected chi connectivity index (χ3v) is 2.28. The highest BCUT2D eigenvalue weighted by molar-refractivity contribution is 6.20. The van der Waals surface area contributed by atoms with Gasteiger partial charge in [0.05, 0.1) is 19.0 Å². The predicted molar refractivity (Wildman–Crippen MR) is 56.8 cm³/mol. The fraction of sp³-hybridized carbons (Fsp3) is 0.600. The lowest BCUT2D eigenvalue weighted by molar-refractivity contribution is 0.393. The summed E-state index contributed by atoms with van der Waals surface area (Å²) in [6.45, 7) is 2.12. The zero-order valence-corrected chi connectivity index (χ0v) is 9.29. The Morgan fingerprint density at radius 2 is 2.29 bits per heavy atom. The van der Waals surface area contributed by atoms with Crippen molar-refractivity contribution in [1.82, 2.24) is 9.97 Å². The molecule has 1 aromatic heterocycles. The number of nitrogens with zero attached hydrogens (tertiary/aromatic N) is 2. The van der Waals surface area contributed by atoms with Gasteiger partial charge in [0.1, 0.15) is 0 Å². The lowest BCUT2D eigenvalue weighted by Crippen LogP contribution is -2.05. The molecular formula is C10H15ClN2O. The van der Waals surface area contributed by atoms with Gasteiger partial charge in [-0.3, -0.25) is 4.98 Å². The summed E-state index contributed by atoms with van der Waals surface area (Å²) in [7, 11) is 1.58. The van der Waals surface area contributed by atoms with Crippen molar-refractivity contribution in [2.24, 2.45) is 0 Å². The van der Waals surface area contributed by atoms with Gasteiger partial charge in [0, 0.05) is 18.0 Å². The number of aromatic nitrogens is 2. The van der Waals surface area contributed by atoms with E-state index in [1.165, 1.54) is 0 Å². The maximum Gasteiger partial charge on any atom is 0.232 e. The summed E-state index contributed by atoms with van der Waals surface area (Å²) >= 11 is 6.10. The molecular weight excluding hydrogens is 200 g/mol. The van der Waals surface area contributed by atoms with Gasteiger partial charge >= 0.3 is 0 Å². The van der Waals surface area contributed by atoms with E-state index in [1.807, 2.05) is 0 Å². The first-order valence-electron chi connectivity index (χ1n) is 4.75. The molecule has 1 heterocycles. The third-order valence-electron chi connectivity index (χ3n) is 1.90. The van der Waals surface area contributed by atoms with Gasteiger partial charge in [-0.05, 0) is 6.42 Å². The van der Waals surface area contributed by atoms with E-state index in [4.69, 9.17) is 16.3 Å². The fourth-order valence-corrected chi connectivity index (χ4v) is 1.60. The van der Waals surface area contributed by atoms with Gasteiger partial charge in [-0.15, -0.1) is 11.6 Å². The molecule has 1 aromatic rings. The van der Waals surface area contributed by atoms with Gasteiger partial charge < -0.3 is 4.74 Å². The van der Waals surface area contributed by atoms with Crippen molar-refractivity contribution in [2.45, 2.75) is 31.6 Å². The molecule has 0 aromatic carbocycles. The van der Waals surface area contributed by atoms with Gasteiger partial charge in [-0.1, -0.05) is 13.3 Å². The average molecular weight is 215 g/mol. The zero-order valence-electron chi connectivity index (χ0n) is 8.53. The smallest absolute Gasteiger partial charge is 0.232 e. The van der Waals surface area contributed by atoms with Crippen LogP contribution in [0.15, 0.2) is 12.4 Å². The highest BCUT2D eigenvalue weighted by atomic mass is 35.5. The quantitative estimate of drug-likeness (QED) is 0.707. The SMILES string of the molecule is CCCC(Cl)Cc1cncc(OC)n1. The first-order chi connectivity index (χ1) is 6.76. The van der Waals surface area contributed by atoms with Crippen LogP contribution in [-0.4, -0.2) is 22.5 Å². The summed E-state index contributed by atoms with van der Waals surface area (Å²) < 4.78 is 4.98. The van der Waals surface area contributed by atoms with Crippen LogP contribution in [0.25, 0.3) is 0 Å². The molecule has 0 saturated heterocycles. The van der Waals surface area contributed by atoms with E-state index >= 15 is 0 Å². The minimum absolute atomic E-state index is 0.140. The van der Waals surface area contributed by atoms with Crippen LogP contribution in [0.5, 0.6) is 5.88 Å². The Bertz CT molecular complexity index is 281. The van der Waals surface area contributed by atoms with Gasteiger partial charge in [-0.25, -0.2) is 4.98 Å². The maximum absolute atomic E-state index is 6.10. The monoisotopic (exact) mass is 214 g/mol. The molecule has 0 aliphatic carbocycles. The van der Waals surface area contributed by atoms with Gasteiger partial charge in [0.15, 0.2) is 0 Å². The zero-order chi connectivity index (χ0) is 10.4. The van der Waals surface area contributed by atoms with Crippen LogP contribution in [-0.2, 0) is 6.42 Å². The van der Waals surface area contributed by atoms with Crippen LogP contribution in [0.2, 0.25) is 0 Å². The van der Waals surface area contributed by atoms with E-state index in [0.717, 1.165) is 25.0 Å². The lowest BCUT2D eigenvalue weighted by Gasteiger charge is -2.07. The van der Waals surface area contributed by atoms with E-state index in [2.05, 4.69) is 16.9 Å². The first kappa shape index (κ1) is 11.2. The molecule has 0 fully saturated rings. The molecule has 0 saturated carbocycles. The number of ether oxygens (including phenoxy) is 1. The molecule has 14 heavy (non-hydrogen) atoms. The Kier molecular flexibility index (Phi) is 4.66. The van der Waals surface area contributed by atoms with Crippen LogP contribution in [0.3, 0.4) is 0 Å². The standard InChI is InChI=1S/C10H15ClN2O/c1-3-4-8(11)5-9-6-12-7-10(13-9)14-2/h6-8H,3-5H2,1-2H3. The molecule has 1 atom stereocenters. The Morgan fingerprint density at radius 3 is 2.93 bits per heavy atom. The van der Waals surface area contributed by atoms with E-state index in [-0.39, 0.29) is 5.38 Å². The number of rotatable bonds is 5. The van der Waals surface area contributed by atoms with Crippen molar-refractivity contribution >= 4 is 11.6 Å². The molecule has 4 heteroatoms. The minimum Gasteiger partial charge on any atom is -0.480 e. The summed E-state index contributed by atoms with van der Waals surface area (Å²) in [5.41, 5.74) is 0.887. The highest BCUT2D eigenvalue weighted by Crippen LogP contribution is 2.12. The summed E-state index contributed by atoms with van der Waals surface area (Å²) in [6, 6.07) is 0. The summed E-state index contributed by atoms with van der Waals surface area (Å²) in [5.74, 6) is 0.544. The first-order valence-corrected chi connectivity index (χ1v) is 5.19. The molecule has 0 radical (unpaired) electrons. The Labute approximate surface area is 89.5 Å². The van der Waals surface area contributed by atoms with Crippen LogP contribution < -0.4 is 4.74 Å². The molecule has 1 rings (SSSR count). The number of halogens is 1. The van der Waals surface area contributed by atoms with Crippen LogP contribution in [0.4, 0.5) is 0 Å². The lowest BCUT2D eigenvalue weighted by atomic mass is 10.1. The van der Waals surface area contributed by atoms with E-state index in [0.29, 0.717) is 5.88 Å². The molecule has 0 aliphatic heterocycles. The molecule has 0 bridgehead atoms. The van der Waals surface area contributed by atoms with Crippen LogP contribution in [0.1, 0.15) is 25.5 Å².